The van der Waals surface area contributed by atoms with E-state index in [1.165, 1.54) is 18.4 Å². The van der Waals surface area contributed by atoms with E-state index in [1.54, 1.807) is 0 Å². The van der Waals surface area contributed by atoms with Crippen molar-refractivity contribution < 1.29 is 4.79 Å². The van der Waals surface area contributed by atoms with Gasteiger partial charge in [0.15, 0.2) is 0 Å². The Kier molecular flexibility index (Phi) is 2.46. The Morgan fingerprint density at radius 2 is 1.94 bits per heavy atom. The largest absolute Gasteiger partial charge is 0.344 e. The van der Waals surface area contributed by atoms with Gasteiger partial charge >= 0.3 is 0 Å². The van der Waals surface area contributed by atoms with Crippen LogP contribution in [-0.4, -0.2) is 24.4 Å². The summed E-state index contributed by atoms with van der Waals surface area (Å²) in [5, 5.41) is 0. The van der Waals surface area contributed by atoms with Crippen LogP contribution in [0, 0.1) is 11.3 Å². The van der Waals surface area contributed by atoms with E-state index in [-0.39, 0.29) is 0 Å². The Morgan fingerprint density at radius 1 is 1.29 bits per heavy atom. The Balaban J connectivity index is 1.58. The Morgan fingerprint density at radius 3 is 2.53 bits per heavy atom. The van der Waals surface area contributed by atoms with Crippen LogP contribution < -0.4 is 0 Å². The summed E-state index contributed by atoms with van der Waals surface area (Å²) in [5.41, 5.74) is 1.95. The lowest BCUT2D eigenvalue weighted by Crippen LogP contribution is -2.62. The van der Waals surface area contributed by atoms with E-state index in [0.717, 1.165) is 25.4 Å². The third-order valence-corrected chi connectivity index (χ3v) is 4.65. The van der Waals surface area contributed by atoms with Gasteiger partial charge in [-0.1, -0.05) is 37.3 Å². The molecule has 2 nitrogen and oxygen atoms in total. The molecule has 1 aliphatic carbocycles. The second kappa shape index (κ2) is 3.86. The predicted octanol–water partition coefficient (Wildman–Crippen LogP) is 2.66. The van der Waals surface area contributed by atoms with Crippen molar-refractivity contribution >= 4 is 6.41 Å². The summed E-state index contributed by atoms with van der Waals surface area (Å²) in [7, 11) is 0. The van der Waals surface area contributed by atoms with E-state index in [0.29, 0.717) is 11.3 Å². The molecule has 1 aliphatic heterocycles. The molecule has 1 aromatic carbocycles. The fraction of sp³-hybridized carbons (Fsp3) is 0.533. The first-order valence-electron chi connectivity index (χ1n) is 6.47. The van der Waals surface area contributed by atoms with E-state index < -0.39 is 0 Å². The maximum Gasteiger partial charge on any atom is 0.209 e. The van der Waals surface area contributed by atoms with Gasteiger partial charge in [-0.3, -0.25) is 4.79 Å². The molecule has 0 radical (unpaired) electrons. The van der Waals surface area contributed by atoms with Gasteiger partial charge in [-0.2, -0.15) is 0 Å². The normalized spacial score (nSPS) is 23.9. The average Bonchev–Trinajstić information content (AvgIpc) is 2.27. The minimum Gasteiger partial charge on any atom is -0.344 e. The molecule has 1 heterocycles. The zero-order valence-electron chi connectivity index (χ0n) is 10.3. The maximum absolute atomic E-state index is 10.6. The van der Waals surface area contributed by atoms with Crippen LogP contribution in [0.1, 0.15) is 31.2 Å². The molecule has 1 saturated carbocycles. The molecule has 1 aromatic rings. The van der Waals surface area contributed by atoms with Crippen LogP contribution in [0.5, 0.6) is 0 Å². The molecule has 2 heteroatoms. The monoisotopic (exact) mass is 229 g/mol. The van der Waals surface area contributed by atoms with Crippen molar-refractivity contribution in [3.8, 4) is 0 Å². The summed E-state index contributed by atoms with van der Waals surface area (Å²) in [5.74, 6) is 1.47. The molecule has 1 atom stereocenters. The maximum atomic E-state index is 10.6. The number of hydrogen-bond acceptors (Lipinski definition) is 1. The number of carbonyl (C=O) groups is 1. The standard InChI is InChI=1S/C15H19NO/c1-12(13-5-3-2-4-6-13)14-7-15(8-14)9-16(10-15)11-17/h2-6,11-12,14H,7-10H2,1H3/t12-/m0/s1. The summed E-state index contributed by atoms with van der Waals surface area (Å²) >= 11 is 0. The molecule has 1 saturated heterocycles. The highest BCUT2D eigenvalue weighted by molar-refractivity contribution is 5.49. The molecule has 2 fully saturated rings. The fourth-order valence-electron chi connectivity index (χ4n) is 3.58. The van der Waals surface area contributed by atoms with Gasteiger partial charge in [-0.25, -0.2) is 0 Å². The first-order valence-corrected chi connectivity index (χ1v) is 6.47. The molecule has 0 bridgehead atoms. The predicted molar refractivity (Wildman–Crippen MR) is 67.7 cm³/mol. The number of benzene rings is 1. The molecule has 0 unspecified atom stereocenters. The third-order valence-electron chi connectivity index (χ3n) is 4.65. The molecule has 90 valence electrons. The van der Waals surface area contributed by atoms with Crippen LogP contribution in [0.4, 0.5) is 0 Å². The molecule has 1 amide bonds. The minimum atomic E-state index is 0.495. The SMILES string of the molecule is C[C@@H](c1ccccc1)C1CC2(C1)CN(C=O)C2. The summed E-state index contributed by atoms with van der Waals surface area (Å²) < 4.78 is 0. The Labute approximate surface area is 103 Å². The van der Waals surface area contributed by atoms with Crippen molar-refractivity contribution in [3.63, 3.8) is 0 Å². The lowest BCUT2D eigenvalue weighted by molar-refractivity contribution is -0.142. The fourth-order valence-corrected chi connectivity index (χ4v) is 3.58. The van der Waals surface area contributed by atoms with Crippen molar-refractivity contribution in [2.45, 2.75) is 25.7 Å². The van der Waals surface area contributed by atoms with Crippen molar-refractivity contribution in [3.05, 3.63) is 35.9 Å². The van der Waals surface area contributed by atoms with E-state index in [4.69, 9.17) is 0 Å². The summed E-state index contributed by atoms with van der Waals surface area (Å²) in [6.45, 7) is 4.33. The molecule has 17 heavy (non-hydrogen) atoms. The zero-order chi connectivity index (χ0) is 11.9. The van der Waals surface area contributed by atoms with Crippen LogP contribution in [-0.2, 0) is 4.79 Å². The highest BCUT2D eigenvalue weighted by atomic mass is 16.1. The lowest BCUT2D eigenvalue weighted by atomic mass is 9.54. The van der Waals surface area contributed by atoms with Crippen molar-refractivity contribution in [1.29, 1.82) is 0 Å². The van der Waals surface area contributed by atoms with E-state index in [9.17, 15) is 4.79 Å². The van der Waals surface area contributed by atoms with Gasteiger partial charge in [0.05, 0.1) is 0 Å². The topological polar surface area (TPSA) is 20.3 Å². The Hall–Kier alpha value is -1.31. The van der Waals surface area contributed by atoms with E-state index in [2.05, 4.69) is 37.3 Å². The number of rotatable bonds is 3. The number of hydrogen-bond donors (Lipinski definition) is 0. The summed E-state index contributed by atoms with van der Waals surface area (Å²) in [6, 6.07) is 10.8. The van der Waals surface area contributed by atoms with Crippen molar-refractivity contribution in [2.75, 3.05) is 13.1 Å². The molecule has 1 spiro atoms. The highest BCUT2D eigenvalue weighted by Gasteiger charge is 2.53. The molecule has 3 rings (SSSR count). The van der Waals surface area contributed by atoms with Gasteiger partial charge in [0.2, 0.25) is 6.41 Å². The smallest absolute Gasteiger partial charge is 0.209 e. The zero-order valence-corrected chi connectivity index (χ0v) is 10.3. The molecule has 0 aromatic heterocycles. The van der Waals surface area contributed by atoms with Gasteiger partial charge < -0.3 is 4.90 Å². The van der Waals surface area contributed by atoms with Gasteiger partial charge in [0.25, 0.3) is 0 Å². The number of nitrogens with zero attached hydrogens (tertiary/aromatic N) is 1. The van der Waals surface area contributed by atoms with Gasteiger partial charge in [-0.15, -0.1) is 0 Å². The van der Waals surface area contributed by atoms with Crippen LogP contribution in [0.2, 0.25) is 0 Å². The minimum absolute atomic E-state index is 0.495. The number of amides is 1. The first kappa shape index (κ1) is 10.8. The second-order valence-corrected chi connectivity index (χ2v) is 5.88. The molecular weight excluding hydrogens is 210 g/mol. The molecule has 2 aliphatic rings. The first-order chi connectivity index (χ1) is 8.22. The van der Waals surface area contributed by atoms with Crippen LogP contribution in [0.3, 0.4) is 0 Å². The number of likely N-dealkylation sites (tertiary alicyclic amines) is 1. The van der Waals surface area contributed by atoms with Gasteiger partial charge in [0.1, 0.15) is 0 Å². The quantitative estimate of drug-likeness (QED) is 0.730. The van der Waals surface area contributed by atoms with Crippen LogP contribution in [0.25, 0.3) is 0 Å². The van der Waals surface area contributed by atoms with Crippen LogP contribution >= 0.6 is 0 Å². The number of carbonyl (C=O) groups excluding carboxylic acids is 1. The van der Waals surface area contributed by atoms with Gasteiger partial charge in [-0.05, 0) is 30.2 Å². The van der Waals surface area contributed by atoms with Gasteiger partial charge in [0, 0.05) is 18.5 Å². The van der Waals surface area contributed by atoms with E-state index in [1.807, 2.05) is 4.90 Å². The van der Waals surface area contributed by atoms with Crippen molar-refractivity contribution in [1.82, 2.24) is 4.90 Å². The van der Waals surface area contributed by atoms with E-state index >= 15 is 0 Å². The molecular formula is C15H19NO. The average molecular weight is 229 g/mol. The lowest BCUT2D eigenvalue weighted by Gasteiger charge is -2.59. The summed E-state index contributed by atoms with van der Waals surface area (Å²) in [6.07, 6.45) is 3.58. The van der Waals surface area contributed by atoms with Crippen LogP contribution in [0.15, 0.2) is 30.3 Å². The Bertz CT molecular complexity index is 400. The van der Waals surface area contributed by atoms with Crippen molar-refractivity contribution in [2.24, 2.45) is 11.3 Å². The highest BCUT2D eigenvalue weighted by Crippen LogP contribution is 2.55. The summed E-state index contributed by atoms with van der Waals surface area (Å²) in [4.78, 5) is 12.5. The molecule has 0 N–H and O–H groups in total. The third kappa shape index (κ3) is 1.76. The second-order valence-electron chi connectivity index (χ2n) is 5.88.